The molecular weight excluding hydrogens is 716 g/mol. The lowest BCUT2D eigenvalue weighted by atomic mass is 9.42. The maximum absolute atomic E-state index is 12.2. The van der Waals surface area contributed by atoms with Gasteiger partial charge in [0, 0.05) is 24.7 Å². The van der Waals surface area contributed by atoms with Gasteiger partial charge in [0.2, 0.25) is 0 Å². The molecule has 314 valence electrons. The molecule has 4 aliphatic heterocycles. The number of carboxylic acid groups (broad SMARTS) is 1. The van der Waals surface area contributed by atoms with E-state index in [1.54, 1.807) is 6.92 Å². The topological polar surface area (TPSA) is 192 Å². The van der Waals surface area contributed by atoms with Gasteiger partial charge >= 0.3 is 5.97 Å². The average molecular weight is 783 g/mol. The summed E-state index contributed by atoms with van der Waals surface area (Å²) < 4.78 is 49.7. The molecule has 14 nitrogen and oxygen atoms in total. The van der Waals surface area contributed by atoms with Crippen molar-refractivity contribution in [3.63, 3.8) is 0 Å². The SMILES string of the molecule is C[C@H]1OC(O[C@H]2[C@@H](O)CC(O[C@H]3[C@@H](O)CC(O[C@H]4CC[C@@]5(C)[C@H](CC[C@@H]6[C@@H]5C[C@@H](O)[C@]5(C)[C@@H](C(=O)O)CC[C@]65O)C4)O[C@@H]3C)O[C@@H]2C)C[C@@H]2OC(C)(C)O[C@@H]21. The molecule has 0 bridgehead atoms. The van der Waals surface area contributed by atoms with Crippen LogP contribution < -0.4 is 0 Å². The standard InChI is InChI=1S/C41H66O14/c1-19-34(52-32-17-28(43)35(20(2)49-32)53-33-18-29-36(21(3)50-33)55-38(4,5)54-29)27(42)16-31(48-19)51-23-10-12-39(6)22(14-23)8-9-24-26(39)15-30(44)40(7)25(37(45)46)11-13-41(24,40)47/h19-36,42-44,47H,8-18H2,1-7H3,(H,45,46)/t19-,20-,21-,22-,23+,24-,25-,26+,27+,28+,29+,30-,31?,32?,33?,34-,35-,36-,39+,40+,41+/m1/s1. The van der Waals surface area contributed by atoms with E-state index in [4.69, 9.17) is 37.9 Å². The van der Waals surface area contributed by atoms with Crippen LogP contribution in [0.3, 0.4) is 0 Å². The zero-order valence-electron chi connectivity index (χ0n) is 33.6. The summed E-state index contributed by atoms with van der Waals surface area (Å²) in [5.74, 6) is -1.97. The molecule has 8 aliphatic rings. The number of carbonyl (C=O) groups is 1. The first kappa shape index (κ1) is 40.8. The molecule has 0 spiro atoms. The Balaban J connectivity index is 0.823. The van der Waals surface area contributed by atoms with E-state index in [-0.39, 0.29) is 54.5 Å². The van der Waals surface area contributed by atoms with E-state index in [1.807, 2.05) is 34.6 Å². The third-order valence-electron chi connectivity index (χ3n) is 15.9. The summed E-state index contributed by atoms with van der Waals surface area (Å²) in [6.45, 7) is 13.5. The maximum atomic E-state index is 12.2. The van der Waals surface area contributed by atoms with Crippen molar-refractivity contribution < 1.29 is 68.2 Å². The molecule has 4 saturated carbocycles. The Morgan fingerprint density at radius 1 is 0.673 bits per heavy atom. The van der Waals surface area contributed by atoms with Crippen LogP contribution in [0.15, 0.2) is 0 Å². The number of hydrogen-bond acceptors (Lipinski definition) is 13. The lowest BCUT2D eigenvalue weighted by Gasteiger charge is -2.64. The third-order valence-corrected chi connectivity index (χ3v) is 15.9. The van der Waals surface area contributed by atoms with Crippen LogP contribution in [0, 0.1) is 34.5 Å². The second-order valence-electron chi connectivity index (χ2n) is 19.4. The zero-order chi connectivity index (χ0) is 39.4. The molecule has 4 aliphatic carbocycles. The molecule has 14 heteroatoms. The van der Waals surface area contributed by atoms with E-state index in [0.717, 1.165) is 32.1 Å². The van der Waals surface area contributed by atoms with Gasteiger partial charge in [0.05, 0.1) is 60.4 Å². The molecule has 3 unspecified atom stereocenters. The van der Waals surface area contributed by atoms with Crippen LogP contribution in [0.25, 0.3) is 0 Å². The molecule has 5 N–H and O–H groups in total. The van der Waals surface area contributed by atoms with Crippen LogP contribution in [0.2, 0.25) is 0 Å². The average Bonchev–Trinajstić information content (AvgIpc) is 3.58. The van der Waals surface area contributed by atoms with Crippen molar-refractivity contribution >= 4 is 5.97 Å². The number of fused-ring (bicyclic) bond motifs is 6. The lowest BCUT2D eigenvalue weighted by molar-refractivity contribution is -0.334. The van der Waals surface area contributed by atoms with Crippen LogP contribution in [0.5, 0.6) is 0 Å². The predicted octanol–water partition coefficient (Wildman–Crippen LogP) is 3.62. The molecular formula is C41H66O14. The highest BCUT2D eigenvalue weighted by Gasteiger charge is 2.71. The number of aliphatic hydroxyl groups is 4. The van der Waals surface area contributed by atoms with Gasteiger partial charge in [-0.3, -0.25) is 4.79 Å². The van der Waals surface area contributed by atoms with Crippen molar-refractivity contribution in [2.75, 3.05) is 0 Å². The van der Waals surface area contributed by atoms with E-state index < -0.39 is 90.3 Å². The number of aliphatic carboxylic acids is 1. The first-order chi connectivity index (χ1) is 25.8. The molecule has 8 fully saturated rings. The number of ether oxygens (including phenoxy) is 8. The van der Waals surface area contributed by atoms with Gasteiger partial charge < -0.3 is 63.4 Å². The zero-order valence-corrected chi connectivity index (χ0v) is 33.6. The molecule has 4 heterocycles. The largest absolute Gasteiger partial charge is 0.481 e. The summed E-state index contributed by atoms with van der Waals surface area (Å²) in [5, 5.41) is 56.2. The molecule has 0 aromatic heterocycles. The maximum Gasteiger partial charge on any atom is 0.307 e. The quantitative estimate of drug-likeness (QED) is 0.235. The second kappa shape index (κ2) is 14.6. The van der Waals surface area contributed by atoms with Crippen LogP contribution in [-0.4, -0.2) is 129 Å². The summed E-state index contributed by atoms with van der Waals surface area (Å²) in [5.41, 5.74) is -2.35. The van der Waals surface area contributed by atoms with Crippen LogP contribution in [0.4, 0.5) is 0 Å². The van der Waals surface area contributed by atoms with Gasteiger partial charge in [-0.1, -0.05) is 13.8 Å². The van der Waals surface area contributed by atoms with Gasteiger partial charge in [-0.25, -0.2) is 0 Å². The second-order valence-corrected chi connectivity index (χ2v) is 19.4. The highest BCUT2D eigenvalue weighted by molar-refractivity contribution is 5.72. The van der Waals surface area contributed by atoms with Crippen molar-refractivity contribution in [2.24, 2.45) is 34.5 Å². The van der Waals surface area contributed by atoms with Crippen molar-refractivity contribution in [1.82, 2.24) is 0 Å². The third kappa shape index (κ3) is 6.93. The number of hydrogen-bond donors (Lipinski definition) is 5. The minimum Gasteiger partial charge on any atom is -0.481 e. The summed E-state index contributed by atoms with van der Waals surface area (Å²) in [4.78, 5) is 12.2. The van der Waals surface area contributed by atoms with E-state index in [2.05, 4.69) is 6.92 Å². The van der Waals surface area contributed by atoms with Crippen molar-refractivity contribution in [1.29, 1.82) is 0 Å². The molecule has 8 rings (SSSR count). The first-order valence-corrected chi connectivity index (χ1v) is 21.1. The van der Waals surface area contributed by atoms with Crippen molar-refractivity contribution in [2.45, 2.75) is 216 Å². The Kier molecular flexibility index (Phi) is 10.8. The van der Waals surface area contributed by atoms with Gasteiger partial charge in [0.25, 0.3) is 0 Å². The summed E-state index contributed by atoms with van der Waals surface area (Å²) in [6.07, 6.45) is -1.14. The molecule has 0 radical (unpaired) electrons. The highest BCUT2D eigenvalue weighted by atomic mass is 16.8. The van der Waals surface area contributed by atoms with Gasteiger partial charge in [0.15, 0.2) is 24.7 Å². The Hall–Kier alpha value is -1.01. The first-order valence-electron chi connectivity index (χ1n) is 21.1. The van der Waals surface area contributed by atoms with Crippen molar-refractivity contribution in [3.05, 3.63) is 0 Å². The summed E-state index contributed by atoms with van der Waals surface area (Å²) in [7, 11) is 0. The molecule has 21 atom stereocenters. The summed E-state index contributed by atoms with van der Waals surface area (Å²) >= 11 is 0. The van der Waals surface area contributed by atoms with Gasteiger partial charge in [0.1, 0.15) is 18.3 Å². The fraction of sp³-hybridized carbons (Fsp3) is 0.976. The summed E-state index contributed by atoms with van der Waals surface area (Å²) in [6, 6.07) is 0. The van der Waals surface area contributed by atoms with E-state index >= 15 is 0 Å². The van der Waals surface area contributed by atoms with E-state index in [9.17, 15) is 30.3 Å². The van der Waals surface area contributed by atoms with Crippen LogP contribution >= 0.6 is 0 Å². The Bertz CT molecular complexity index is 1390. The fourth-order valence-electron chi connectivity index (χ4n) is 13.0. The van der Waals surface area contributed by atoms with Gasteiger partial charge in [-0.2, -0.15) is 0 Å². The fourth-order valence-corrected chi connectivity index (χ4v) is 13.0. The number of rotatable bonds is 7. The van der Waals surface area contributed by atoms with Crippen LogP contribution in [-0.2, 0) is 42.7 Å². The Morgan fingerprint density at radius 2 is 1.27 bits per heavy atom. The number of aliphatic hydroxyl groups excluding tert-OH is 3. The van der Waals surface area contributed by atoms with Crippen LogP contribution in [0.1, 0.15) is 119 Å². The smallest absolute Gasteiger partial charge is 0.307 e. The molecule has 4 saturated heterocycles. The minimum absolute atomic E-state index is 0.0397. The molecule has 0 aromatic rings. The number of carboxylic acids is 1. The van der Waals surface area contributed by atoms with E-state index in [1.165, 1.54) is 0 Å². The van der Waals surface area contributed by atoms with Gasteiger partial charge in [-0.05, 0) is 109 Å². The normalized spacial score (nSPS) is 56.2. The Morgan fingerprint density at radius 3 is 1.89 bits per heavy atom. The van der Waals surface area contributed by atoms with E-state index in [0.29, 0.717) is 31.6 Å². The Labute approximate surface area is 324 Å². The van der Waals surface area contributed by atoms with Gasteiger partial charge in [-0.15, -0.1) is 0 Å². The predicted molar refractivity (Wildman–Crippen MR) is 193 cm³/mol. The molecule has 55 heavy (non-hydrogen) atoms. The monoisotopic (exact) mass is 782 g/mol. The van der Waals surface area contributed by atoms with Crippen molar-refractivity contribution in [3.8, 4) is 0 Å². The lowest BCUT2D eigenvalue weighted by Crippen LogP contribution is -2.67. The molecule has 0 aromatic carbocycles. The minimum atomic E-state index is -1.19. The highest BCUT2D eigenvalue weighted by Crippen LogP contribution is 2.69. The molecule has 0 amide bonds.